The SMILES string of the molecule is O=[N+]([O-])c1ccc2nsnc2c1[N+](=O)[O-]. The van der Waals surface area contributed by atoms with Crippen LogP contribution in [-0.2, 0) is 0 Å². The monoisotopic (exact) mass is 226 g/mol. The van der Waals surface area contributed by atoms with Gasteiger partial charge in [-0.15, -0.1) is 0 Å². The van der Waals surface area contributed by atoms with Crippen molar-refractivity contribution in [1.82, 2.24) is 8.75 Å². The third-order valence-electron chi connectivity index (χ3n) is 1.76. The summed E-state index contributed by atoms with van der Waals surface area (Å²) in [7, 11) is 0. The molecule has 0 N–H and O–H groups in total. The summed E-state index contributed by atoms with van der Waals surface area (Å²) in [5.74, 6) is 0. The van der Waals surface area contributed by atoms with Crippen molar-refractivity contribution >= 4 is 34.1 Å². The molecular formula is C6H2N4O4S. The van der Waals surface area contributed by atoms with E-state index in [2.05, 4.69) is 8.75 Å². The van der Waals surface area contributed by atoms with E-state index in [0.29, 0.717) is 0 Å². The van der Waals surface area contributed by atoms with E-state index >= 15 is 0 Å². The molecule has 76 valence electrons. The van der Waals surface area contributed by atoms with E-state index in [1.807, 2.05) is 0 Å². The molecule has 0 aliphatic rings. The Kier molecular flexibility index (Phi) is 2.01. The molecule has 9 heteroatoms. The predicted octanol–water partition coefficient (Wildman–Crippen LogP) is 1.51. The van der Waals surface area contributed by atoms with Crippen LogP contribution in [-0.4, -0.2) is 18.6 Å². The number of nitro benzene ring substituents is 2. The minimum absolute atomic E-state index is 0.0424. The zero-order valence-electron chi connectivity index (χ0n) is 6.98. The lowest BCUT2D eigenvalue weighted by molar-refractivity contribution is -0.421. The topological polar surface area (TPSA) is 112 Å². The second-order valence-electron chi connectivity index (χ2n) is 2.58. The standard InChI is InChI=1S/C6H2N4O4S/c11-9(12)4-2-1-3-5(8-15-7-3)6(4)10(13)14/h1-2H. The highest BCUT2D eigenvalue weighted by atomic mass is 32.1. The number of hydrogen-bond acceptors (Lipinski definition) is 7. The highest BCUT2D eigenvalue weighted by Gasteiger charge is 2.29. The van der Waals surface area contributed by atoms with Crippen molar-refractivity contribution in [2.24, 2.45) is 0 Å². The zero-order chi connectivity index (χ0) is 11.0. The van der Waals surface area contributed by atoms with Crippen molar-refractivity contribution in [2.45, 2.75) is 0 Å². The van der Waals surface area contributed by atoms with Gasteiger partial charge < -0.3 is 0 Å². The van der Waals surface area contributed by atoms with Gasteiger partial charge in [-0.25, -0.2) is 0 Å². The summed E-state index contributed by atoms with van der Waals surface area (Å²) in [4.78, 5) is 19.6. The molecule has 15 heavy (non-hydrogen) atoms. The number of rotatable bonds is 2. The molecule has 0 aliphatic carbocycles. The van der Waals surface area contributed by atoms with Crippen LogP contribution in [0.2, 0.25) is 0 Å². The molecule has 0 saturated heterocycles. The molecule has 0 saturated carbocycles. The van der Waals surface area contributed by atoms with Gasteiger partial charge in [-0.2, -0.15) is 8.75 Å². The Labute approximate surface area is 85.8 Å². The first-order chi connectivity index (χ1) is 7.11. The summed E-state index contributed by atoms with van der Waals surface area (Å²) in [6.07, 6.45) is 0. The Morgan fingerprint density at radius 2 is 1.87 bits per heavy atom. The second kappa shape index (κ2) is 3.20. The fourth-order valence-electron chi connectivity index (χ4n) is 1.15. The van der Waals surface area contributed by atoms with Gasteiger partial charge in [0.2, 0.25) is 0 Å². The maximum absolute atomic E-state index is 10.7. The van der Waals surface area contributed by atoms with Crippen LogP contribution in [0, 0.1) is 20.2 Å². The van der Waals surface area contributed by atoms with Crippen molar-refractivity contribution < 1.29 is 9.85 Å². The van der Waals surface area contributed by atoms with Crippen molar-refractivity contribution in [3.8, 4) is 0 Å². The summed E-state index contributed by atoms with van der Waals surface area (Å²) in [5.41, 5.74) is -0.928. The quantitative estimate of drug-likeness (QED) is 0.566. The summed E-state index contributed by atoms with van der Waals surface area (Å²) >= 11 is 0.778. The van der Waals surface area contributed by atoms with E-state index in [1.165, 1.54) is 6.07 Å². The van der Waals surface area contributed by atoms with E-state index in [1.54, 1.807) is 0 Å². The third-order valence-corrected chi connectivity index (χ3v) is 2.30. The summed E-state index contributed by atoms with van der Waals surface area (Å²) in [6, 6.07) is 2.39. The zero-order valence-corrected chi connectivity index (χ0v) is 7.80. The largest absolute Gasteiger partial charge is 0.374 e. The fourth-order valence-corrected chi connectivity index (χ4v) is 1.69. The number of aromatic nitrogens is 2. The summed E-state index contributed by atoms with van der Waals surface area (Å²) < 4.78 is 7.43. The number of nitrogens with zero attached hydrogens (tertiary/aromatic N) is 4. The lowest BCUT2D eigenvalue weighted by Crippen LogP contribution is -1.97. The molecule has 8 nitrogen and oxygen atoms in total. The van der Waals surface area contributed by atoms with Crippen molar-refractivity contribution in [1.29, 1.82) is 0 Å². The number of nitro groups is 2. The van der Waals surface area contributed by atoms with Gasteiger partial charge in [0.25, 0.3) is 0 Å². The average Bonchev–Trinajstić information content (AvgIpc) is 2.62. The highest BCUT2D eigenvalue weighted by molar-refractivity contribution is 7.00. The fraction of sp³-hybridized carbons (Fsp3) is 0. The minimum Gasteiger partial charge on any atom is -0.258 e. The van der Waals surface area contributed by atoms with Crippen LogP contribution in [0.3, 0.4) is 0 Å². The summed E-state index contributed by atoms with van der Waals surface area (Å²) in [5, 5.41) is 21.2. The van der Waals surface area contributed by atoms with Gasteiger partial charge in [0, 0.05) is 6.07 Å². The Bertz CT molecular complexity index is 565. The maximum Gasteiger partial charge on any atom is 0.374 e. The van der Waals surface area contributed by atoms with Gasteiger partial charge in [0.15, 0.2) is 5.52 Å². The molecule has 2 rings (SSSR count). The van der Waals surface area contributed by atoms with E-state index in [-0.39, 0.29) is 11.0 Å². The van der Waals surface area contributed by atoms with E-state index in [0.717, 1.165) is 17.8 Å². The molecule has 0 unspecified atom stereocenters. The lowest BCUT2D eigenvalue weighted by atomic mass is 10.2. The maximum atomic E-state index is 10.7. The second-order valence-corrected chi connectivity index (χ2v) is 3.11. The molecule has 0 amide bonds. The molecule has 0 bridgehead atoms. The third kappa shape index (κ3) is 1.38. The van der Waals surface area contributed by atoms with Gasteiger partial charge in [-0.05, 0) is 6.07 Å². The first kappa shape index (κ1) is 9.40. The van der Waals surface area contributed by atoms with Gasteiger partial charge in [-0.1, -0.05) is 0 Å². The molecule has 1 aromatic heterocycles. The number of benzene rings is 1. The van der Waals surface area contributed by atoms with Gasteiger partial charge in [-0.3, -0.25) is 20.2 Å². The highest BCUT2D eigenvalue weighted by Crippen LogP contribution is 2.33. The smallest absolute Gasteiger partial charge is 0.258 e. The molecule has 0 fully saturated rings. The Morgan fingerprint density at radius 1 is 1.13 bits per heavy atom. The van der Waals surface area contributed by atoms with Gasteiger partial charge >= 0.3 is 11.4 Å². The Hall–Kier alpha value is -2.16. The summed E-state index contributed by atoms with van der Waals surface area (Å²) in [6.45, 7) is 0. The Balaban J connectivity index is 2.87. The average molecular weight is 226 g/mol. The minimum atomic E-state index is -0.818. The van der Waals surface area contributed by atoms with Crippen LogP contribution in [0.4, 0.5) is 11.4 Å². The molecular weight excluding hydrogens is 224 g/mol. The van der Waals surface area contributed by atoms with Gasteiger partial charge in [0.1, 0.15) is 5.52 Å². The number of fused-ring (bicyclic) bond motifs is 1. The molecule has 1 heterocycles. The molecule has 0 radical (unpaired) electrons. The van der Waals surface area contributed by atoms with E-state index in [9.17, 15) is 20.2 Å². The van der Waals surface area contributed by atoms with Crippen molar-refractivity contribution in [3.05, 3.63) is 32.4 Å². The molecule has 1 aromatic carbocycles. The normalized spacial score (nSPS) is 10.4. The number of hydrogen-bond donors (Lipinski definition) is 0. The predicted molar refractivity (Wildman–Crippen MR) is 50.7 cm³/mol. The molecule has 0 spiro atoms. The molecule has 0 atom stereocenters. The van der Waals surface area contributed by atoms with Gasteiger partial charge in [0.05, 0.1) is 21.6 Å². The van der Waals surface area contributed by atoms with Crippen LogP contribution in [0.25, 0.3) is 11.0 Å². The first-order valence-corrected chi connectivity index (χ1v) is 4.38. The van der Waals surface area contributed by atoms with Crippen LogP contribution >= 0.6 is 11.7 Å². The van der Waals surface area contributed by atoms with Crippen LogP contribution < -0.4 is 0 Å². The van der Waals surface area contributed by atoms with E-state index in [4.69, 9.17) is 0 Å². The lowest BCUT2D eigenvalue weighted by Gasteiger charge is -1.93. The van der Waals surface area contributed by atoms with E-state index < -0.39 is 21.2 Å². The van der Waals surface area contributed by atoms with Crippen molar-refractivity contribution in [3.63, 3.8) is 0 Å². The van der Waals surface area contributed by atoms with Crippen molar-refractivity contribution in [2.75, 3.05) is 0 Å². The molecule has 0 aliphatic heterocycles. The first-order valence-electron chi connectivity index (χ1n) is 3.65. The van der Waals surface area contributed by atoms with Crippen LogP contribution in [0.1, 0.15) is 0 Å². The molecule has 2 aromatic rings. The van der Waals surface area contributed by atoms with Crippen LogP contribution in [0.15, 0.2) is 12.1 Å². The van der Waals surface area contributed by atoms with Crippen LogP contribution in [0.5, 0.6) is 0 Å². The Morgan fingerprint density at radius 3 is 2.47 bits per heavy atom.